The van der Waals surface area contributed by atoms with E-state index in [0.29, 0.717) is 17.8 Å². The predicted molar refractivity (Wildman–Crippen MR) is 101 cm³/mol. The van der Waals surface area contributed by atoms with Gasteiger partial charge in [-0.2, -0.15) is 0 Å². The van der Waals surface area contributed by atoms with Crippen LogP contribution in [0.15, 0.2) is 24.3 Å². The summed E-state index contributed by atoms with van der Waals surface area (Å²) in [5.41, 5.74) is -0.853. The Hall–Kier alpha value is -3.43. The van der Waals surface area contributed by atoms with Crippen LogP contribution >= 0.6 is 0 Å². The van der Waals surface area contributed by atoms with Crippen molar-refractivity contribution in [1.29, 1.82) is 0 Å². The first-order valence-corrected chi connectivity index (χ1v) is 9.96. The number of hydrogen-bond donors (Lipinski definition) is 1. The average molecular weight is 412 g/mol. The number of nitrogens with one attached hydrogen (secondary N) is 1. The number of fused-ring (bicyclic) bond motifs is 3. The smallest absolute Gasteiger partial charge is 0.354 e. The minimum atomic E-state index is -1.60. The molecule has 0 radical (unpaired) electrons. The molecule has 5 rings (SSSR count). The van der Waals surface area contributed by atoms with E-state index in [-0.39, 0.29) is 37.2 Å². The van der Waals surface area contributed by atoms with Crippen LogP contribution in [0.25, 0.3) is 0 Å². The fourth-order valence-corrected chi connectivity index (χ4v) is 4.54. The lowest BCUT2D eigenvalue weighted by Crippen LogP contribution is -2.69. The maximum absolute atomic E-state index is 13.4. The molecular weight excluding hydrogens is 392 g/mol. The number of amides is 5. The zero-order chi connectivity index (χ0) is 21.0. The van der Waals surface area contributed by atoms with Crippen LogP contribution in [0.1, 0.15) is 36.0 Å². The zero-order valence-corrected chi connectivity index (χ0v) is 16.1. The molecule has 3 aliphatic heterocycles. The second-order valence-electron chi connectivity index (χ2n) is 7.82. The number of hydrogen-bond acceptors (Lipinski definition) is 6. The first kappa shape index (κ1) is 18.6. The first-order chi connectivity index (χ1) is 14.4. The lowest BCUT2D eigenvalue weighted by atomic mass is 9.96. The maximum atomic E-state index is 13.4. The van der Waals surface area contributed by atoms with Gasteiger partial charge in [0.05, 0.1) is 11.3 Å². The van der Waals surface area contributed by atoms with E-state index in [9.17, 15) is 24.0 Å². The fourth-order valence-electron chi connectivity index (χ4n) is 4.54. The fraction of sp³-hybridized carbons (Fsp3) is 0.450. The molecule has 10 heteroatoms. The standard InChI is InChI=1S/C20H20N4O6/c25-15-7-8-20(18(28)30-11-16(26)22-10-9-21-19(22)29)23(12-5-6-12)17(27)13-3-1-2-4-14(13)24(15)20/h1-4,12H,5-11H2,(H,21,29)/t20-/m0/s1. The Kier molecular flexibility index (Phi) is 4.05. The molecule has 0 spiro atoms. The van der Waals surface area contributed by atoms with Crippen molar-refractivity contribution in [3.05, 3.63) is 29.8 Å². The van der Waals surface area contributed by atoms with Gasteiger partial charge < -0.3 is 15.0 Å². The van der Waals surface area contributed by atoms with E-state index < -0.39 is 30.2 Å². The Morgan fingerprint density at radius 1 is 1.17 bits per heavy atom. The van der Waals surface area contributed by atoms with Crippen LogP contribution in [0.3, 0.4) is 0 Å². The van der Waals surface area contributed by atoms with Crippen LogP contribution in [0.4, 0.5) is 10.5 Å². The molecule has 3 heterocycles. The van der Waals surface area contributed by atoms with Gasteiger partial charge in [-0.25, -0.2) is 9.59 Å². The highest BCUT2D eigenvalue weighted by atomic mass is 16.5. The zero-order valence-electron chi connectivity index (χ0n) is 16.1. The Morgan fingerprint density at radius 2 is 1.93 bits per heavy atom. The molecule has 1 N–H and O–H groups in total. The Balaban J connectivity index is 1.48. The van der Waals surface area contributed by atoms with Crippen molar-refractivity contribution in [3.63, 3.8) is 0 Å². The van der Waals surface area contributed by atoms with Gasteiger partial charge in [-0.15, -0.1) is 0 Å². The Bertz CT molecular complexity index is 989. The molecular formula is C20H20N4O6. The van der Waals surface area contributed by atoms with E-state index in [0.717, 1.165) is 17.7 Å². The van der Waals surface area contributed by atoms with Crippen LogP contribution in [-0.4, -0.2) is 70.9 Å². The summed E-state index contributed by atoms with van der Waals surface area (Å²) in [6.45, 7) is -0.0963. The van der Waals surface area contributed by atoms with Crippen LogP contribution in [0.2, 0.25) is 0 Å². The van der Waals surface area contributed by atoms with Crippen molar-refractivity contribution < 1.29 is 28.7 Å². The number of carbonyl (C=O) groups is 5. The molecule has 156 valence electrons. The monoisotopic (exact) mass is 412 g/mol. The molecule has 1 saturated carbocycles. The second kappa shape index (κ2) is 6.54. The number of para-hydroxylation sites is 1. The van der Waals surface area contributed by atoms with Crippen molar-refractivity contribution in [2.75, 3.05) is 24.6 Å². The number of urea groups is 1. The summed E-state index contributed by atoms with van der Waals surface area (Å²) in [6, 6.07) is 6.01. The quantitative estimate of drug-likeness (QED) is 0.708. The molecule has 30 heavy (non-hydrogen) atoms. The molecule has 3 fully saturated rings. The largest absolute Gasteiger partial charge is 0.452 e. The molecule has 1 atom stereocenters. The molecule has 2 saturated heterocycles. The second-order valence-corrected chi connectivity index (χ2v) is 7.82. The number of anilines is 1. The normalized spacial score (nSPS) is 25.2. The molecule has 5 amide bonds. The summed E-state index contributed by atoms with van der Waals surface area (Å²) in [7, 11) is 0. The van der Waals surface area contributed by atoms with E-state index in [2.05, 4.69) is 5.32 Å². The molecule has 1 aromatic rings. The average Bonchev–Trinajstić information content (AvgIpc) is 3.38. The van der Waals surface area contributed by atoms with Gasteiger partial charge >= 0.3 is 12.0 Å². The van der Waals surface area contributed by atoms with Crippen LogP contribution in [0, 0.1) is 0 Å². The van der Waals surface area contributed by atoms with E-state index in [1.54, 1.807) is 24.3 Å². The molecule has 0 unspecified atom stereocenters. The topological polar surface area (TPSA) is 116 Å². The van der Waals surface area contributed by atoms with Crippen LogP contribution in [0.5, 0.6) is 0 Å². The molecule has 1 aromatic carbocycles. The lowest BCUT2D eigenvalue weighted by molar-refractivity contribution is -0.161. The number of esters is 1. The number of ether oxygens (including phenoxy) is 1. The maximum Gasteiger partial charge on any atom is 0.354 e. The van der Waals surface area contributed by atoms with Crippen LogP contribution in [-0.2, 0) is 19.1 Å². The van der Waals surface area contributed by atoms with E-state index in [1.807, 2.05) is 0 Å². The molecule has 0 bridgehead atoms. The van der Waals surface area contributed by atoms with Gasteiger partial charge in [0.2, 0.25) is 11.6 Å². The van der Waals surface area contributed by atoms with Crippen molar-refractivity contribution in [3.8, 4) is 0 Å². The highest BCUT2D eigenvalue weighted by Crippen LogP contribution is 2.49. The van der Waals surface area contributed by atoms with Gasteiger partial charge in [-0.1, -0.05) is 12.1 Å². The van der Waals surface area contributed by atoms with E-state index in [4.69, 9.17) is 4.74 Å². The first-order valence-electron chi connectivity index (χ1n) is 9.96. The van der Waals surface area contributed by atoms with Crippen molar-refractivity contribution in [2.45, 2.75) is 37.4 Å². The Morgan fingerprint density at radius 3 is 2.63 bits per heavy atom. The van der Waals surface area contributed by atoms with Gasteiger partial charge in [0.1, 0.15) is 0 Å². The van der Waals surface area contributed by atoms with Gasteiger partial charge in [0.25, 0.3) is 11.8 Å². The van der Waals surface area contributed by atoms with Crippen LogP contribution < -0.4 is 10.2 Å². The van der Waals surface area contributed by atoms with Gasteiger partial charge in [-0.05, 0) is 25.0 Å². The Labute approximate surface area is 171 Å². The number of imide groups is 1. The minimum Gasteiger partial charge on any atom is -0.452 e. The summed E-state index contributed by atoms with van der Waals surface area (Å²) < 4.78 is 5.33. The third-order valence-corrected chi connectivity index (χ3v) is 6.02. The van der Waals surface area contributed by atoms with Crippen molar-refractivity contribution >= 4 is 35.4 Å². The minimum absolute atomic E-state index is 0.0857. The van der Waals surface area contributed by atoms with Crippen molar-refractivity contribution in [1.82, 2.24) is 15.1 Å². The SMILES string of the molecule is O=C(COC(=O)[C@]12CCC(=O)N1c1ccccc1C(=O)N2C1CC1)N1CCNC1=O. The third kappa shape index (κ3) is 2.52. The van der Waals surface area contributed by atoms with E-state index in [1.165, 1.54) is 9.80 Å². The molecule has 10 nitrogen and oxygen atoms in total. The number of benzene rings is 1. The number of nitrogens with zero attached hydrogens (tertiary/aromatic N) is 3. The van der Waals surface area contributed by atoms with Gasteiger partial charge in [0.15, 0.2) is 6.61 Å². The molecule has 0 aromatic heterocycles. The summed E-state index contributed by atoms with van der Waals surface area (Å²) in [6.07, 6.45) is 1.65. The molecule has 1 aliphatic carbocycles. The highest BCUT2D eigenvalue weighted by Gasteiger charge is 2.64. The number of carbonyl (C=O) groups excluding carboxylic acids is 5. The van der Waals surface area contributed by atoms with Gasteiger partial charge in [0, 0.05) is 32.0 Å². The van der Waals surface area contributed by atoms with E-state index >= 15 is 0 Å². The van der Waals surface area contributed by atoms with Gasteiger partial charge in [-0.3, -0.25) is 24.2 Å². The summed E-state index contributed by atoms with van der Waals surface area (Å²) in [4.78, 5) is 67.3. The highest BCUT2D eigenvalue weighted by molar-refractivity contribution is 6.16. The summed E-state index contributed by atoms with van der Waals surface area (Å²) in [5.74, 6) is -2.06. The summed E-state index contributed by atoms with van der Waals surface area (Å²) >= 11 is 0. The lowest BCUT2D eigenvalue weighted by Gasteiger charge is -2.48. The molecule has 4 aliphatic rings. The van der Waals surface area contributed by atoms with Crippen molar-refractivity contribution in [2.24, 2.45) is 0 Å². The summed E-state index contributed by atoms with van der Waals surface area (Å²) in [5, 5.41) is 2.51. The third-order valence-electron chi connectivity index (χ3n) is 6.02. The predicted octanol–water partition coefficient (Wildman–Crippen LogP) is 0.223. The number of rotatable bonds is 4.